The van der Waals surface area contributed by atoms with Crippen LogP contribution in [0.25, 0.3) is 0 Å². The van der Waals surface area contributed by atoms with Gasteiger partial charge in [0.2, 0.25) is 0 Å². The first-order chi connectivity index (χ1) is 14.9. The first-order valence-electron chi connectivity index (χ1n) is 10.5. The Labute approximate surface area is 187 Å². The van der Waals surface area contributed by atoms with Crippen molar-refractivity contribution in [2.45, 2.75) is 26.9 Å². The number of aryl methyl sites for hydroxylation is 1. The van der Waals surface area contributed by atoms with Crippen molar-refractivity contribution in [3.8, 4) is 0 Å². The van der Waals surface area contributed by atoms with E-state index in [4.69, 9.17) is 11.6 Å². The van der Waals surface area contributed by atoms with Gasteiger partial charge in [0, 0.05) is 43.4 Å². The smallest absolute Gasteiger partial charge is 0.257 e. The maximum Gasteiger partial charge on any atom is 0.257 e. The second kappa shape index (κ2) is 9.20. The number of benzene rings is 2. The number of halogens is 2. The molecule has 0 bridgehead atoms. The Bertz CT molecular complexity index is 1070. The number of hydrogen-bond acceptors (Lipinski definition) is 3. The standard InChI is InChI=1S/C24H26ClFN4O/c1-17-23(18(2)30(27-17)15-19-6-4-3-5-7-19)24(31)29-12-10-28(11-13-29)16-20-8-9-21(26)14-22(20)25/h3-9,14H,10-13,15-16H2,1-2H3. The average Bonchev–Trinajstić information content (AvgIpc) is 3.03. The molecule has 1 aliphatic heterocycles. The second-order valence-corrected chi connectivity index (χ2v) is 8.40. The lowest BCUT2D eigenvalue weighted by Gasteiger charge is -2.35. The minimum atomic E-state index is -0.331. The Morgan fingerprint density at radius 2 is 1.74 bits per heavy atom. The number of carbonyl (C=O) groups excluding carboxylic acids is 1. The van der Waals surface area contributed by atoms with Crippen LogP contribution in [0, 0.1) is 19.7 Å². The molecule has 1 saturated heterocycles. The maximum absolute atomic E-state index is 13.3. The highest BCUT2D eigenvalue weighted by atomic mass is 35.5. The minimum absolute atomic E-state index is 0.0359. The van der Waals surface area contributed by atoms with Crippen molar-refractivity contribution in [1.29, 1.82) is 0 Å². The molecule has 31 heavy (non-hydrogen) atoms. The van der Waals surface area contributed by atoms with Crippen LogP contribution in [0.5, 0.6) is 0 Å². The number of aromatic nitrogens is 2. The molecule has 7 heteroatoms. The van der Waals surface area contributed by atoms with Crippen molar-refractivity contribution in [3.05, 3.63) is 87.4 Å². The number of piperazine rings is 1. The third kappa shape index (κ3) is 4.81. The molecule has 0 aliphatic carbocycles. The van der Waals surface area contributed by atoms with Gasteiger partial charge in [-0.1, -0.05) is 48.0 Å². The summed E-state index contributed by atoms with van der Waals surface area (Å²) in [4.78, 5) is 17.4. The summed E-state index contributed by atoms with van der Waals surface area (Å²) in [5.74, 6) is -0.295. The fraction of sp³-hybridized carbons (Fsp3) is 0.333. The summed E-state index contributed by atoms with van der Waals surface area (Å²) in [5.41, 5.74) is 4.41. The first kappa shape index (κ1) is 21.5. The van der Waals surface area contributed by atoms with Gasteiger partial charge in [-0.15, -0.1) is 0 Å². The molecule has 1 amide bonds. The Balaban J connectivity index is 1.40. The van der Waals surface area contributed by atoms with Gasteiger partial charge in [-0.3, -0.25) is 14.4 Å². The molecule has 2 aromatic carbocycles. The molecule has 0 unspecified atom stereocenters. The van der Waals surface area contributed by atoms with Crippen LogP contribution in [0.3, 0.4) is 0 Å². The molecule has 0 atom stereocenters. The van der Waals surface area contributed by atoms with E-state index >= 15 is 0 Å². The lowest BCUT2D eigenvalue weighted by atomic mass is 10.1. The zero-order valence-corrected chi connectivity index (χ0v) is 18.6. The molecule has 162 valence electrons. The van der Waals surface area contributed by atoms with Gasteiger partial charge in [-0.25, -0.2) is 4.39 Å². The minimum Gasteiger partial charge on any atom is -0.336 e. The molecule has 0 N–H and O–H groups in total. The molecule has 0 spiro atoms. The molecular formula is C24H26ClFN4O. The molecule has 5 nitrogen and oxygen atoms in total. The van der Waals surface area contributed by atoms with Crippen molar-refractivity contribution in [1.82, 2.24) is 19.6 Å². The Hall–Kier alpha value is -2.70. The van der Waals surface area contributed by atoms with Crippen molar-refractivity contribution in [3.63, 3.8) is 0 Å². The highest BCUT2D eigenvalue weighted by Crippen LogP contribution is 2.21. The van der Waals surface area contributed by atoms with E-state index in [1.54, 1.807) is 6.07 Å². The number of rotatable bonds is 5. The van der Waals surface area contributed by atoms with Crippen molar-refractivity contribution >= 4 is 17.5 Å². The molecule has 2 heterocycles. The van der Waals surface area contributed by atoms with Crippen LogP contribution in [0.15, 0.2) is 48.5 Å². The highest BCUT2D eigenvalue weighted by molar-refractivity contribution is 6.31. The van der Waals surface area contributed by atoms with E-state index in [9.17, 15) is 9.18 Å². The van der Waals surface area contributed by atoms with Crippen LogP contribution >= 0.6 is 11.6 Å². The molecule has 1 fully saturated rings. The molecule has 1 aliphatic rings. The average molecular weight is 441 g/mol. The zero-order valence-electron chi connectivity index (χ0n) is 17.8. The van der Waals surface area contributed by atoms with E-state index in [-0.39, 0.29) is 11.7 Å². The predicted octanol–water partition coefficient (Wildman–Crippen LogP) is 4.30. The summed E-state index contributed by atoms with van der Waals surface area (Å²) in [5, 5.41) is 5.06. The summed E-state index contributed by atoms with van der Waals surface area (Å²) in [6.45, 7) is 7.92. The third-order valence-electron chi connectivity index (χ3n) is 5.84. The Kier molecular flexibility index (Phi) is 6.39. The molecule has 4 rings (SSSR count). The van der Waals surface area contributed by atoms with Gasteiger partial charge in [0.05, 0.1) is 17.8 Å². The van der Waals surface area contributed by atoms with Crippen LogP contribution in [-0.2, 0) is 13.1 Å². The fourth-order valence-electron chi connectivity index (χ4n) is 4.07. The molecule has 0 saturated carbocycles. The summed E-state index contributed by atoms with van der Waals surface area (Å²) < 4.78 is 15.2. The van der Waals surface area contributed by atoms with Gasteiger partial charge in [0.25, 0.3) is 5.91 Å². The Morgan fingerprint density at radius 3 is 2.42 bits per heavy atom. The van der Waals surface area contributed by atoms with Crippen LogP contribution in [0.1, 0.15) is 32.9 Å². The van der Waals surface area contributed by atoms with Gasteiger partial charge < -0.3 is 4.90 Å². The SMILES string of the molecule is Cc1nn(Cc2ccccc2)c(C)c1C(=O)N1CCN(Cc2ccc(F)cc2Cl)CC1. The van der Waals surface area contributed by atoms with E-state index in [1.165, 1.54) is 12.1 Å². The number of amides is 1. The van der Waals surface area contributed by atoms with Crippen LogP contribution in [0.4, 0.5) is 4.39 Å². The lowest BCUT2D eigenvalue weighted by Crippen LogP contribution is -2.48. The zero-order chi connectivity index (χ0) is 22.0. The maximum atomic E-state index is 13.3. The Morgan fingerprint density at radius 1 is 1.03 bits per heavy atom. The van der Waals surface area contributed by atoms with Crippen molar-refractivity contribution in [2.24, 2.45) is 0 Å². The van der Waals surface area contributed by atoms with Crippen LogP contribution in [0.2, 0.25) is 5.02 Å². The van der Waals surface area contributed by atoms with Crippen LogP contribution in [-0.4, -0.2) is 51.7 Å². The van der Waals surface area contributed by atoms with Gasteiger partial charge in [-0.2, -0.15) is 5.10 Å². The summed E-state index contributed by atoms with van der Waals surface area (Å²) in [7, 11) is 0. The second-order valence-electron chi connectivity index (χ2n) is 7.99. The first-order valence-corrected chi connectivity index (χ1v) is 10.8. The number of nitrogens with zero attached hydrogens (tertiary/aromatic N) is 4. The van der Waals surface area contributed by atoms with E-state index in [0.717, 1.165) is 35.6 Å². The topological polar surface area (TPSA) is 41.4 Å². The van der Waals surface area contributed by atoms with Crippen molar-refractivity contribution in [2.75, 3.05) is 26.2 Å². The van der Waals surface area contributed by atoms with E-state index in [2.05, 4.69) is 22.1 Å². The lowest BCUT2D eigenvalue weighted by molar-refractivity contribution is 0.0627. The molecule has 0 radical (unpaired) electrons. The van der Waals surface area contributed by atoms with Gasteiger partial charge in [0.15, 0.2) is 0 Å². The van der Waals surface area contributed by atoms with Gasteiger partial charge >= 0.3 is 0 Å². The van der Waals surface area contributed by atoms with Crippen LogP contribution < -0.4 is 0 Å². The van der Waals surface area contributed by atoms with E-state index < -0.39 is 0 Å². The van der Waals surface area contributed by atoms with E-state index in [1.807, 2.05) is 41.6 Å². The largest absolute Gasteiger partial charge is 0.336 e. The highest BCUT2D eigenvalue weighted by Gasteiger charge is 2.27. The van der Waals surface area contributed by atoms with Gasteiger partial charge in [0.1, 0.15) is 5.82 Å². The summed E-state index contributed by atoms with van der Waals surface area (Å²) in [6, 6.07) is 14.6. The van der Waals surface area contributed by atoms with E-state index in [0.29, 0.717) is 36.8 Å². The summed E-state index contributed by atoms with van der Waals surface area (Å²) in [6.07, 6.45) is 0. The fourth-order valence-corrected chi connectivity index (χ4v) is 4.30. The number of hydrogen-bond donors (Lipinski definition) is 0. The summed E-state index contributed by atoms with van der Waals surface area (Å²) >= 11 is 6.16. The molecule has 1 aromatic heterocycles. The van der Waals surface area contributed by atoms with Crippen molar-refractivity contribution < 1.29 is 9.18 Å². The molecular weight excluding hydrogens is 415 g/mol. The van der Waals surface area contributed by atoms with Gasteiger partial charge in [-0.05, 0) is 37.1 Å². The predicted molar refractivity (Wildman–Crippen MR) is 120 cm³/mol. The molecule has 3 aromatic rings. The normalized spacial score (nSPS) is 14.8. The quantitative estimate of drug-likeness (QED) is 0.594. The third-order valence-corrected chi connectivity index (χ3v) is 6.19. The number of carbonyl (C=O) groups is 1. The monoisotopic (exact) mass is 440 g/mol.